The van der Waals surface area contributed by atoms with Crippen LogP contribution in [0.1, 0.15) is 35.9 Å². The van der Waals surface area contributed by atoms with Gasteiger partial charge >= 0.3 is 0 Å². The number of likely N-dealkylation sites (tertiary alicyclic amines) is 1. The van der Waals surface area contributed by atoms with E-state index in [2.05, 4.69) is 4.98 Å². The number of rotatable bonds is 3. The number of fused-ring (bicyclic) bond motifs is 1. The molecule has 2 aromatic rings. The van der Waals surface area contributed by atoms with Crippen molar-refractivity contribution in [1.82, 2.24) is 14.3 Å². The van der Waals surface area contributed by atoms with Gasteiger partial charge in [0.1, 0.15) is 17.2 Å². The van der Waals surface area contributed by atoms with Gasteiger partial charge in [-0.2, -0.15) is 0 Å². The van der Waals surface area contributed by atoms with Gasteiger partial charge in [-0.25, -0.2) is 9.37 Å². The highest BCUT2D eigenvalue weighted by Crippen LogP contribution is 2.21. The Labute approximate surface area is 133 Å². The van der Waals surface area contributed by atoms with Crippen LogP contribution in [0, 0.1) is 11.7 Å². The Balaban J connectivity index is 1.92. The summed E-state index contributed by atoms with van der Waals surface area (Å²) in [4.78, 5) is 30.2. The molecule has 1 fully saturated rings. The summed E-state index contributed by atoms with van der Waals surface area (Å²) in [6.45, 7) is 2.85. The highest BCUT2D eigenvalue weighted by Gasteiger charge is 2.29. The van der Waals surface area contributed by atoms with Crippen LogP contribution in [-0.2, 0) is 11.2 Å². The normalized spacial score (nSPS) is 16.0. The van der Waals surface area contributed by atoms with Crippen molar-refractivity contribution in [3.63, 3.8) is 0 Å². The highest BCUT2D eigenvalue weighted by molar-refractivity contribution is 5.95. The number of aromatic nitrogens is 2. The van der Waals surface area contributed by atoms with Crippen molar-refractivity contribution in [3.05, 3.63) is 35.5 Å². The van der Waals surface area contributed by atoms with Gasteiger partial charge in [-0.3, -0.25) is 14.0 Å². The molecule has 3 heterocycles. The smallest absolute Gasteiger partial charge is 0.272 e. The van der Waals surface area contributed by atoms with Crippen LogP contribution in [0.5, 0.6) is 0 Å². The monoisotopic (exact) mass is 318 g/mol. The quantitative estimate of drug-likeness (QED) is 0.928. The molecule has 0 saturated carbocycles. The molecular weight excluding hydrogens is 299 g/mol. The van der Waals surface area contributed by atoms with Crippen LogP contribution < -0.4 is 5.73 Å². The molecule has 23 heavy (non-hydrogen) atoms. The number of nitrogens with zero attached hydrogens (tertiary/aromatic N) is 3. The van der Waals surface area contributed by atoms with Gasteiger partial charge in [0, 0.05) is 25.2 Å². The minimum Gasteiger partial charge on any atom is -0.369 e. The SMILES string of the molecule is CCc1nc2ccc(F)cn2c1C(=O)N1CCC(C(N)=O)CC1. The zero-order chi connectivity index (χ0) is 16.6. The molecule has 122 valence electrons. The molecule has 0 atom stereocenters. The maximum Gasteiger partial charge on any atom is 0.272 e. The van der Waals surface area contributed by atoms with E-state index in [1.807, 2.05) is 6.92 Å². The van der Waals surface area contributed by atoms with Crippen LogP contribution in [0.4, 0.5) is 4.39 Å². The molecule has 0 unspecified atom stereocenters. The van der Waals surface area contributed by atoms with Gasteiger partial charge in [-0.1, -0.05) is 6.92 Å². The maximum absolute atomic E-state index is 13.6. The summed E-state index contributed by atoms with van der Waals surface area (Å²) in [6, 6.07) is 2.89. The summed E-state index contributed by atoms with van der Waals surface area (Å²) in [7, 11) is 0. The van der Waals surface area contributed by atoms with E-state index >= 15 is 0 Å². The Morgan fingerprint density at radius 1 is 1.35 bits per heavy atom. The van der Waals surface area contributed by atoms with Crippen molar-refractivity contribution in [2.24, 2.45) is 11.7 Å². The molecule has 2 aromatic heterocycles. The van der Waals surface area contributed by atoms with Crippen LogP contribution in [-0.4, -0.2) is 39.2 Å². The first-order chi connectivity index (χ1) is 11.0. The molecule has 1 aliphatic rings. The Morgan fingerprint density at radius 3 is 2.65 bits per heavy atom. The van der Waals surface area contributed by atoms with E-state index in [9.17, 15) is 14.0 Å². The average molecular weight is 318 g/mol. The fourth-order valence-corrected chi connectivity index (χ4v) is 3.06. The largest absolute Gasteiger partial charge is 0.369 e. The predicted molar refractivity (Wildman–Crippen MR) is 82.3 cm³/mol. The van der Waals surface area contributed by atoms with Crippen molar-refractivity contribution >= 4 is 17.5 Å². The zero-order valence-corrected chi connectivity index (χ0v) is 13.0. The molecule has 1 saturated heterocycles. The van der Waals surface area contributed by atoms with E-state index in [0.717, 1.165) is 0 Å². The van der Waals surface area contributed by atoms with Crippen LogP contribution >= 0.6 is 0 Å². The second-order valence-electron chi connectivity index (χ2n) is 5.81. The number of primary amides is 1. The fraction of sp³-hybridized carbons (Fsp3) is 0.438. The van der Waals surface area contributed by atoms with E-state index in [-0.39, 0.29) is 17.7 Å². The molecule has 0 aromatic carbocycles. The molecule has 3 rings (SSSR count). The van der Waals surface area contributed by atoms with Gasteiger partial charge in [0.25, 0.3) is 5.91 Å². The molecule has 0 radical (unpaired) electrons. The molecule has 0 aliphatic carbocycles. The fourth-order valence-electron chi connectivity index (χ4n) is 3.06. The number of piperidine rings is 1. The number of amides is 2. The van der Waals surface area contributed by atoms with E-state index in [1.165, 1.54) is 16.7 Å². The topological polar surface area (TPSA) is 80.7 Å². The van der Waals surface area contributed by atoms with Crippen molar-refractivity contribution in [3.8, 4) is 0 Å². The molecule has 0 bridgehead atoms. The molecule has 6 nitrogen and oxygen atoms in total. The summed E-state index contributed by atoms with van der Waals surface area (Å²) in [6.07, 6.45) is 2.99. The summed E-state index contributed by atoms with van der Waals surface area (Å²) < 4.78 is 15.1. The molecule has 0 spiro atoms. The molecule has 2 N–H and O–H groups in total. The zero-order valence-electron chi connectivity index (χ0n) is 13.0. The third kappa shape index (κ3) is 2.78. The standard InChI is InChI=1S/C16H19FN4O2/c1-2-12-14(21-9-11(17)3-4-13(21)19-12)16(23)20-7-5-10(6-8-20)15(18)22/h3-4,9-10H,2,5-8H2,1H3,(H2,18,22). The predicted octanol–water partition coefficient (Wildman–Crippen LogP) is 1.37. The second kappa shape index (κ2) is 5.98. The molecular formula is C16H19FN4O2. The maximum atomic E-state index is 13.6. The van der Waals surface area contributed by atoms with Gasteiger partial charge in [-0.05, 0) is 31.4 Å². The highest BCUT2D eigenvalue weighted by atomic mass is 19.1. The van der Waals surface area contributed by atoms with Crippen LogP contribution in [0.3, 0.4) is 0 Å². The number of halogens is 1. The lowest BCUT2D eigenvalue weighted by molar-refractivity contribution is -0.123. The van der Waals surface area contributed by atoms with E-state index in [1.54, 1.807) is 11.0 Å². The van der Waals surface area contributed by atoms with Gasteiger partial charge < -0.3 is 10.6 Å². The Kier molecular flexibility index (Phi) is 4.02. The van der Waals surface area contributed by atoms with Gasteiger partial charge in [0.05, 0.1) is 5.69 Å². The lowest BCUT2D eigenvalue weighted by Gasteiger charge is -2.30. The molecule has 7 heteroatoms. The van der Waals surface area contributed by atoms with Crippen LogP contribution in [0.25, 0.3) is 5.65 Å². The third-order valence-electron chi connectivity index (χ3n) is 4.38. The summed E-state index contributed by atoms with van der Waals surface area (Å²) in [5.41, 5.74) is 6.93. The van der Waals surface area contributed by atoms with Crippen molar-refractivity contribution in [1.29, 1.82) is 0 Å². The molecule has 2 amide bonds. The minimum absolute atomic E-state index is 0.177. The number of carbonyl (C=O) groups excluding carboxylic acids is 2. The van der Waals surface area contributed by atoms with Gasteiger partial charge in [0.15, 0.2) is 0 Å². The second-order valence-corrected chi connectivity index (χ2v) is 5.81. The number of hydrogen-bond donors (Lipinski definition) is 1. The van der Waals surface area contributed by atoms with Crippen molar-refractivity contribution < 1.29 is 14.0 Å². The minimum atomic E-state index is -0.418. The first kappa shape index (κ1) is 15.5. The molecule has 1 aliphatic heterocycles. The number of pyridine rings is 1. The number of carbonyl (C=O) groups is 2. The summed E-state index contributed by atoms with van der Waals surface area (Å²) in [5, 5.41) is 0. The van der Waals surface area contributed by atoms with Gasteiger partial charge in [0.2, 0.25) is 5.91 Å². The third-order valence-corrected chi connectivity index (χ3v) is 4.38. The average Bonchev–Trinajstić information content (AvgIpc) is 2.91. The van der Waals surface area contributed by atoms with E-state index < -0.39 is 5.82 Å². The number of imidazole rings is 1. The van der Waals surface area contributed by atoms with E-state index in [0.29, 0.717) is 49.4 Å². The summed E-state index contributed by atoms with van der Waals surface area (Å²) >= 11 is 0. The number of nitrogens with two attached hydrogens (primary N) is 1. The van der Waals surface area contributed by atoms with Crippen LogP contribution in [0.15, 0.2) is 18.3 Å². The lowest BCUT2D eigenvalue weighted by Crippen LogP contribution is -2.42. The number of hydrogen-bond acceptors (Lipinski definition) is 3. The number of aryl methyl sites for hydroxylation is 1. The first-order valence-corrected chi connectivity index (χ1v) is 7.76. The Morgan fingerprint density at radius 2 is 2.04 bits per heavy atom. The summed E-state index contributed by atoms with van der Waals surface area (Å²) in [5.74, 6) is -1.09. The van der Waals surface area contributed by atoms with Crippen molar-refractivity contribution in [2.45, 2.75) is 26.2 Å². The lowest BCUT2D eigenvalue weighted by atomic mass is 9.96. The van der Waals surface area contributed by atoms with Gasteiger partial charge in [-0.15, -0.1) is 0 Å². The Hall–Kier alpha value is -2.44. The van der Waals surface area contributed by atoms with Crippen molar-refractivity contribution in [2.75, 3.05) is 13.1 Å². The van der Waals surface area contributed by atoms with Crippen LogP contribution in [0.2, 0.25) is 0 Å². The van der Waals surface area contributed by atoms with E-state index in [4.69, 9.17) is 5.73 Å². The Bertz CT molecular complexity index is 763. The first-order valence-electron chi connectivity index (χ1n) is 7.76.